The van der Waals surface area contributed by atoms with Gasteiger partial charge < -0.3 is 20.1 Å². The van der Waals surface area contributed by atoms with E-state index < -0.39 is 0 Å². The zero-order valence-corrected chi connectivity index (χ0v) is 16.5. The molecule has 0 atom stereocenters. The molecule has 2 aromatic carbocycles. The number of hydrogen-bond acceptors (Lipinski definition) is 6. The van der Waals surface area contributed by atoms with Crippen LogP contribution < -0.4 is 20.1 Å². The Hall–Kier alpha value is -3.28. The summed E-state index contributed by atoms with van der Waals surface area (Å²) >= 11 is 0. The summed E-state index contributed by atoms with van der Waals surface area (Å²) in [5.74, 6) is 2.97. The van der Waals surface area contributed by atoms with Gasteiger partial charge in [-0.05, 0) is 38.1 Å². The first-order chi connectivity index (χ1) is 13.6. The number of benzene rings is 2. The largest absolute Gasteiger partial charge is 0.497 e. The minimum absolute atomic E-state index is 0.282. The van der Waals surface area contributed by atoms with E-state index in [1.165, 1.54) is 0 Å². The van der Waals surface area contributed by atoms with Gasteiger partial charge in [0, 0.05) is 17.7 Å². The molecule has 0 amide bonds. The molecule has 0 radical (unpaired) electrons. The number of hydrogen-bond donors (Lipinski definition) is 2. The summed E-state index contributed by atoms with van der Waals surface area (Å²) in [6.45, 7) is 5.25. The van der Waals surface area contributed by atoms with Gasteiger partial charge in [0.15, 0.2) is 0 Å². The third kappa shape index (κ3) is 5.61. The normalized spacial score (nSPS) is 10.6. The smallest absolute Gasteiger partial charge is 0.225 e. The van der Waals surface area contributed by atoms with Gasteiger partial charge in [-0.15, -0.1) is 0 Å². The van der Waals surface area contributed by atoms with Crippen LogP contribution in [-0.4, -0.2) is 36.3 Å². The zero-order chi connectivity index (χ0) is 19.8. The molecule has 0 spiro atoms. The molecule has 0 bridgehead atoms. The number of methoxy groups -OCH3 is 1. The molecule has 0 unspecified atom stereocenters. The maximum absolute atomic E-state index is 5.75. The van der Waals surface area contributed by atoms with Crippen LogP contribution in [-0.2, 0) is 0 Å². The van der Waals surface area contributed by atoms with Gasteiger partial charge in [0.2, 0.25) is 5.95 Å². The molecule has 28 heavy (non-hydrogen) atoms. The van der Waals surface area contributed by atoms with E-state index in [1.54, 1.807) is 7.11 Å². The summed E-state index contributed by atoms with van der Waals surface area (Å²) in [7, 11) is 1.64. The summed E-state index contributed by atoms with van der Waals surface area (Å²) in [6.07, 6.45) is 0. The average molecular weight is 378 g/mol. The fourth-order valence-corrected chi connectivity index (χ4v) is 2.66. The summed E-state index contributed by atoms with van der Waals surface area (Å²) in [5.41, 5.74) is 1.92. The van der Waals surface area contributed by atoms with Gasteiger partial charge in [-0.25, -0.2) is 4.98 Å². The third-order valence-electron chi connectivity index (χ3n) is 3.95. The highest BCUT2D eigenvalue weighted by atomic mass is 16.5. The molecule has 0 aliphatic rings. The van der Waals surface area contributed by atoms with Crippen LogP contribution in [0.4, 0.5) is 11.8 Å². The molecule has 6 nitrogen and oxygen atoms in total. The maximum atomic E-state index is 5.75. The Morgan fingerprint density at radius 2 is 1.64 bits per heavy atom. The second kappa shape index (κ2) is 9.60. The van der Waals surface area contributed by atoms with E-state index in [0.29, 0.717) is 19.1 Å². The van der Waals surface area contributed by atoms with Crippen molar-refractivity contribution in [3.63, 3.8) is 0 Å². The number of aromatic nitrogens is 2. The van der Waals surface area contributed by atoms with Crippen molar-refractivity contribution in [3.8, 4) is 22.8 Å². The predicted octanol–water partition coefficient (Wildman–Crippen LogP) is 4.46. The summed E-state index contributed by atoms with van der Waals surface area (Å²) in [6, 6.07) is 19.8. The van der Waals surface area contributed by atoms with Crippen LogP contribution >= 0.6 is 0 Å². The molecule has 1 aromatic heterocycles. The number of ether oxygens (including phenoxy) is 2. The first-order valence-corrected chi connectivity index (χ1v) is 9.36. The molecule has 6 heteroatoms. The second-order valence-corrected chi connectivity index (χ2v) is 6.58. The lowest BCUT2D eigenvalue weighted by Gasteiger charge is -2.13. The van der Waals surface area contributed by atoms with Gasteiger partial charge in [0.25, 0.3) is 0 Å². The first kappa shape index (κ1) is 19.5. The van der Waals surface area contributed by atoms with Crippen LogP contribution in [0.25, 0.3) is 11.3 Å². The van der Waals surface area contributed by atoms with E-state index in [9.17, 15) is 0 Å². The molecule has 3 rings (SSSR count). The van der Waals surface area contributed by atoms with Crippen molar-refractivity contribution in [2.24, 2.45) is 0 Å². The Morgan fingerprint density at radius 3 is 2.32 bits per heavy atom. The molecular weight excluding hydrogens is 352 g/mol. The van der Waals surface area contributed by atoms with Gasteiger partial charge >= 0.3 is 0 Å². The molecule has 2 N–H and O–H groups in total. The molecule has 1 heterocycles. The van der Waals surface area contributed by atoms with Gasteiger partial charge in [0.1, 0.15) is 23.9 Å². The Kier molecular flexibility index (Phi) is 6.68. The topological polar surface area (TPSA) is 68.3 Å². The molecule has 146 valence electrons. The fourth-order valence-electron chi connectivity index (χ4n) is 2.66. The van der Waals surface area contributed by atoms with Gasteiger partial charge in [-0.3, -0.25) is 0 Å². The maximum Gasteiger partial charge on any atom is 0.225 e. The Balaban J connectivity index is 1.64. The molecule has 0 aliphatic carbocycles. The Labute approximate surface area is 166 Å². The molecule has 3 aromatic rings. The lowest BCUT2D eigenvalue weighted by molar-refractivity contribution is 0.331. The second-order valence-electron chi connectivity index (χ2n) is 6.58. The van der Waals surface area contributed by atoms with Crippen LogP contribution in [0.2, 0.25) is 0 Å². The lowest BCUT2D eigenvalue weighted by Crippen LogP contribution is -2.16. The van der Waals surface area contributed by atoms with E-state index in [4.69, 9.17) is 9.47 Å². The van der Waals surface area contributed by atoms with E-state index >= 15 is 0 Å². The van der Waals surface area contributed by atoms with Crippen molar-refractivity contribution < 1.29 is 9.47 Å². The molecule has 0 saturated heterocycles. The van der Waals surface area contributed by atoms with Crippen molar-refractivity contribution in [1.29, 1.82) is 0 Å². The average Bonchev–Trinajstić information content (AvgIpc) is 2.72. The highest BCUT2D eigenvalue weighted by Gasteiger charge is 2.07. The van der Waals surface area contributed by atoms with Crippen LogP contribution in [0, 0.1) is 0 Å². The van der Waals surface area contributed by atoms with Crippen LogP contribution in [0.5, 0.6) is 11.5 Å². The van der Waals surface area contributed by atoms with E-state index in [1.807, 2.05) is 60.7 Å². The summed E-state index contributed by atoms with van der Waals surface area (Å²) in [5, 5.41) is 6.60. The highest BCUT2D eigenvalue weighted by molar-refractivity contribution is 5.64. The van der Waals surface area contributed by atoms with Gasteiger partial charge in [-0.1, -0.05) is 30.3 Å². The van der Waals surface area contributed by atoms with E-state index in [2.05, 4.69) is 34.4 Å². The highest BCUT2D eigenvalue weighted by Crippen LogP contribution is 2.22. The number of anilines is 2. The van der Waals surface area contributed by atoms with Crippen molar-refractivity contribution >= 4 is 11.8 Å². The zero-order valence-electron chi connectivity index (χ0n) is 16.5. The SMILES string of the molecule is COc1ccc(OCCNc2nc(NC(C)C)cc(-c3ccccc3)n2)cc1. The van der Waals surface area contributed by atoms with Crippen molar-refractivity contribution in [3.05, 3.63) is 60.7 Å². The standard InChI is InChI=1S/C22H26N4O2/c1-16(2)24-21-15-20(17-7-5-4-6-8-17)25-22(26-21)23-13-14-28-19-11-9-18(27-3)10-12-19/h4-12,15-16H,13-14H2,1-3H3,(H2,23,24,25,26). The minimum atomic E-state index is 0.282. The van der Waals surface area contributed by atoms with Crippen LogP contribution in [0.1, 0.15) is 13.8 Å². The third-order valence-corrected chi connectivity index (χ3v) is 3.95. The van der Waals surface area contributed by atoms with Crippen LogP contribution in [0.15, 0.2) is 60.7 Å². The number of nitrogens with one attached hydrogen (secondary N) is 2. The van der Waals surface area contributed by atoms with Crippen LogP contribution in [0.3, 0.4) is 0 Å². The fraction of sp³-hybridized carbons (Fsp3) is 0.273. The molecule has 0 saturated carbocycles. The minimum Gasteiger partial charge on any atom is -0.497 e. The monoisotopic (exact) mass is 378 g/mol. The summed E-state index contributed by atoms with van der Waals surface area (Å²) < 4.78 is 10.9. The molecular formula is C22H26N4O2. The predicted molar refractivity (Wildman–Crippen MR) is 113 cm³/mol. The first-order valence-electron chi connectivity index (χ1n) is 9.36. The molecule has 0 fully saturated rings. The molecule has 0 aliphatic heterocycles. The van der Waals surface area contributed by atoms with Gasteiger partial charge in [0.05, 0.1) is 19.3 Å². The Morgan fingerprint density at radius 1 is 0.929 bits per heavy atom. The van der Waals surface area contributed by atoms with E-state index in [0.717, 1.165) is 28.6 Å². The Bertz CT molecular complexity index is 867. The number of rotatable bonds is 9. The quantitative estimate of drug-likeness (QED) is 0.536. The van der Waals surface area contributed by atoms with Crippen molar-refractivity contribution in [2.75, 3.05) is 30.9 Å². The van der Waals surface area contributed by atoms with Crippen molar-refractivity contribution in [2.45, 2.75) is 19.9 Å². The van der Waals surface area contributed by atoms with Crippen molar-refractivity contribution in [1.82, 2.24) is 9.97 Å². The lowest BCUT2D eigenvalue weighted by atomic mass is 10.1. The summed E-state index contributed by atoms with van der Waals surface area (Å²) in [4.78, 5) is 9.20. The number of nitrogens with zero attached hydrogens (tertiary/aromatic N) is 2. The van der Waals surface area contributed by atoms with E-state index in [-0.39, 0.29) is 6.04 Å². The van der Waals surface area contributed by atoms with Gasteiger partial charge in [-0.2, -0.15) is 4.98 Å².